The summed E-state index contributed by atoms with van der Waals surface area (Å²) >= 11 is 0. The van der Waals surface area contributed by atoms with Crippen LogP contribution >= 0.6 is 0 Å². The van der Waals surface area contributed by atoms with E-state index in [1.165, 1.54) is 12.1 Å². The van der Waals surface area contributed by atoms with Gasteiger partial charge in [0.25, 0.3) is 11.6 Å². The van der Waals surface area contributed by atoms with Gasteiger partial charge in [-0.2, -0.15) is 5.10 Å². The zero-order chi connectivity index (χ0) is 19.8. The largest absolute Gasteiger partial charge is 0.507 e. The van der Waals surface area contributed by atoms with Crippen LogP contribution in [0.2, 0.25) is 0 Å². The van der Waals surface area contributed by atoms with Crippen LogP contribution < -0.4 is 15.5 Å². The molecule has 0 aliphatic carbocycles. The summed E-state index contributed by atoms with van der Waals surface area (Å²) in [6, 6.07) is 10.1. The maximum absolute atomic E-state index is 12.1. The highest BCUT2D eigenvalue weighted by atomic mass is 16.6. The van der Waals surface area contributed by atoms with Crippen molar-refractivity contribution >= 4 is 23.5 Å². The second kappa shape index (κ2) is 9.18. The molecule has 0 bridgehead atoms. The molecule has 0 spiro atoms. The van der Waals surface area contributed by atoms with E-state index in [9.17, 15) is 20.0 Å². The minimum atomic E-state index is -0.585. The molecule has 0 fully saturated rings. The lowest BCUT2D eigenvalue weighted by molar-refractivity contribution is -0.384. The monoisotopic (exact) mass is 372 g/mol. The molecule has 0 aromatic heterocycles. The molecule has 0 saturated heterocycles. The zero-order valence-corrected chi connectivity index (χ0v) is 14.9. The van der Waals surface area contributed by atoms with Crippen LogP contribution in [0, 0.1) is 10.1 Å². The van der Waals surface area contributed by atoms with E-state index in [2.05, 4.69) is 15.8 Å². The Hall–Kier alpha value is -3.62. The van der Waals surface area contributed by atoms with Crippen LogP contribution in [0.1, 0.15) is 19.4 Å². The first-order valence-corrected chi connectivity index (χ1v) is 8.20. The Kier molecular flexibility index (Phi) is 6.70. The zero-order valence-electron chi connectivity index (χ0n) is 14.9. The van der Waals surface area contributed by atoms with Crippen LogP contribution in [0.25, 0.3) is 0 Å². The van der Waals surface area contributed by atoms with Gasteiger partial charge in [-0.15, -0.1) is 0 Å². The predicted molar refractivity (Wildman–Crippen MR) is 101 cm³/mol. The highest BCUT2D eigenvalue weighted by Crippen LogP contribution is 2.21. The van der Waals surface area contributed by atoms with Crippen LogP contribution in [0.3, 0.4) is 0 Å². The number of phenolic OH excluding ortho intramolecular Hbond substituents is 1. The first-order chi connectivity index (χ1) is 12.9. The predicted octanol–water partition coefficient (Wildman–Crippen LogP) is 2.65. The van der Waals surface area contributed by atoms with Gasteiger partial charge >= 0.3 is 0 Å². The van der Waals surface area contributed by atoms with E-state index in [4.69, 9.17) is 4.74 Å². The first-order valence-electron chi connectivity index (χ1n) is 8.20. The number of phenols is 1. The lowest BCUT2D eigenvalue weighted by atomic mass is 10.2. The number of hydrazone groups is 1. The summed E-state index contributed by atoms with van der Waals surface area (Å²) < 4.78 is 5.35. The molecule has 9 nitrogen and oxygen atoms in total. The van der Waals surface area contributed by atoms with Gasteiger partial charge in [0.1, 0.15) is 17.5 Å². The van der Waals surface area contributed by atoms with Crippen LogP contribution in [0.15, 0.2) is 47.6 Å². The lowest BCUT2D eigenvalue weighted by Crippen LogP contribution is -2.34. The number of hydrogen-bond acceptors (Lipinski definition) is 7. The van der Waals surface area contributed by atoms with Gasteiger partial charge in [-0.05, 0) is 44.2 Å². The molecule has 1 amide bonds. The van der Waals surface area contributed by atoms with Gasteiger partial charge in [-0.1, -0.05) is 0 Å². The number of amides is 1. The van der Waals surface area contributed by atoms with E-state index >= 15 is 0 Å². The maximum Gasteiger partial charge on any atom is 0.270 e. The summed E-state index contributed by atoms with van der Waals surface area (Å²) in [5, 5.41) is 27.2. The number of benzene rings is 2. The molecule has 9 heteroatoms. The number of anilines is 1. The summed E-state index contributed by atoms with van der Waals surface area (Å²) in [6.45, 7) is 4.13. The van der Waals surface area contributed by atoms with Crippen molar-refractivity contribution in [2.24, 2.45) is 5.10 Å². The Morgan fingerprint density at radius 1 is 1.33 bits per heavy atom. The number of hydrogen-bond donors (Lipinski definition) is 3. The molecule has 142 valence electrons. The number of carbonyl (C=O) groups excluding carboxylic acids is 1. The highest BCUT2D eigenvalue weighted by molar-refractivity contribution is 5.88. The average Bonchev–Trinajstić information content (AvgIpc) is 2.64. The Morgan fingerprint density at radius 3 is 2.67 bits per heavy atom. The molecule has 2 aromatic carbocycles. The van der Waals surface area contributed by atoms with Crippen molar-refractivity contribution in [1.82, 2.24) is 5.43 Å². The van der Waals surface area contributed by atoms with Gasteiger partial charge in [-0.25, -0.2) is 5.43 Å². The normalized spacial score (nSPS) is 11.8. The number of carbonyl (C=O) groups is 1. The van der Waals surface area contributed by atoms with Crippen molar-refractivity contribution in [2.45, 2.75) is 19.9 Å². The van der Waals surface area contributed by atoms with Gasteiger partial charge in [0.05, 0.1) is 17.7 Å². The fraction of sp³-hybridized carbons (Fsp3) is 0.222. The minimum absolute atomic E-state index is 0.122. The first kappa shape index (κ1) is 19.7. The molecule has 1 atom stereocenters. The van der Waals surface area contributed by atoms with E-state index < -0.39 is 16.9 Å². The van der Waals surface area contributed by atoms with Crippen molar-refractivity contribution in [3.63, 3.8) is 0 Å². The van der Waals surface area contributed by atoms with Crippen molar-refractivity contribution in [3.05, 3.63) is 58.1 Å². The molecule has 0 aliphatic heterocycles. The lowest BCUT2D eigenvalue weighted by Gasteiger charge is -2.14. The number of nitro benzene ring substituents is 1. The molecule has 27 heavy (non-hydrogen) atoms. The average molecular weight is 372 g/mol. The third kappa shape index (κ3) is 5.70. The quantitative estimate of drug-likeness (QED) is 0.371. The van der Waals surface area contributed by atoms with Crippen LogP contribution in [0.4, 0.5) is 11.4 Å². The van der Waals surface area contributed by atoms with Crippen molar-refractivity contribution in [2.75, 3.05) is 11.9 Å². The topological polar surface area (TPSA) is 126 Å². The van der Waals surface area contributed by atoms with E-state index in [-0.39, 0.29) is 17.0 Å². The Labute approximate surface area is 155 Å². The summed E-state index contributed by atoms with van der Waals surface area (Å²) in [6.07, 6.45) is 1.14. The van der Waals surface area contributed by atoms with Gasteiger partial charge in [0.2, 0.25) is 0 Å². The number of aromatic hydroxyl groups is 1. The fourth-order valence-corrected chi connectivity index (χ4v) is 2.15. The second-order valence-electron chi connectivity index (χ2n) is 5.56. The number of ether oxygens (including phenoxy) is 1. The molecule has 2 rings (SSSR count). The van der Waals surface area contributed by atoms with E-state index in [1.807, 2.05) is 6.92 Å². The summed E-state index contributed by atoms with van der Waals surface area (Å²) in [5.74, 6) is 0.144. The fourth-order valence-electron chi connectivity index (χ4n) is 2.15. The van der Waals surface area contributed by atoms with Crippen LogP contribution in [-0.4, -0.2) is 34.8 Å². The van der Waals surface area contributed by atoms with Crippen LogP contribution in [-0.2, 0) is 4.79 Å². The highest BCUT2D eigenvalue weighted by Gasteiger charge is 2.12. The minimum Gasteiger partial charge on any atom is -0.507 e. The van der Waals surface area contributed by atoms with E-state index in [1.54, 1.807) is 31.2 Å². The van der Waals surface area contributed by atoms with E-state index in [0.29, 0.717) is 6.61 Å². The third-order valence-electron chi connectivity index (χ3n) is 3.54. The maximum atomic E-state index is 12.1. The summed E-state index contributed by atoms with van der Waals surface area (Å²) in [4.78, 5) is 22.3. The molecule has 0 saturated carbocycles. The van der Waals surface area contributed by atoms with Gasteiger partial charge in [0, 0.05) is 23.4 Å². The van der Waals surface area contributed by atoms with Crippen molar-refractivity contribution < 1.29 is 19.6 Å². The standard InChI is InChI=1S/C18H20N4O5/c1-3-27-16-7-4-14(5-8-16)20-12(2)18(24)21-19-11-13-10-15(22(25)26)6-9-17(13)23/h4-12,20,23H,3H2,1-2H3,(H,21,24)/b19-11-/t12-/m1/s1. The Balaban J connectivity index is 1.93. The van der Waals surface area contributed by atoms with Crippen molar-refractivity contribution in [3.8, 4) is 11.5 Å². The van der Waals surface area contributed by atoms with Gasteiger partial charge in [0.15, 0.2) is 0 Å². The molecular weight excluding hydrogens is 352 g/mol. The molecule has 0 heterocycles. The molecule has 2 aromatic rings. The number of non-ortho nitro benzene ring substituents is 1. The van der Waals surface area contributed by atoms with Gasteiger partial charge in [-0.3, -0.25) is 14.9 Å². The Morgan fingerprint density at radius 2 is 2.04 bits per heavy atom. The molecular formula is C18H20N4O5. The van der Waals surface area contributed by atoms with Gasteiger partial charge < -0.3 is 15.2 Å². The number of nitro groups is 1. The third-order valence-corrected chi connectivity index (χ3v) is 3.54. The second-order valence-corrected chi connectivity index (χ2v) is 5.56. The molecule has 0 aliphatic rings. The van der Waals surface area contributed by atoms with Crippen molar-refractivity contribution in [1.29, 1.82) is 0 Å². The molecule has 0 unspecified atom stereocenters. The molecule has 3 N–H and O–H groups in total. The summed E-state index contributed by atoms with van der Waals surface area (Å²) in [7, 11) is 0. The number of rotatable bonds is 8. The SMILES string of the molecule is CCOc1ccc(N[C@H](C)C(=O)N/N=C\c2cc([N+](=O)[O-])ccc2O)cc1. The smallest absolute Gasteiger partial charge is 0.270 e. The molecule has 0 radical (unpaired) electrons. The summed E-state index contributed by atoms with van der Waals surface area (Å²) in [5.41, 5.74) is 2.99. The van der Waals surface area contributed by atoms with Crippen LogP contribution in [0.5, 0.6) is 11.5 Å². The number of nitrogens with zero attached hydrogens (tertiary/aromatic N) is 2. The Bertz CT molecular complexity index is 836. The van der Waals surface area contributed by atoms with E-state index in [0.717, 1.165) is 23.7 Å². The number of nitrogens with one attached hydrogen (secondary N) is 2.